The van der Waals surface area contributed by atoms with Crippen molar-refractivity contribution in [2.45, 2.75) is 53.9 Å². The average Bonchev–Trinajstić information content (AvgIpc) is 2.22. The van der Waals surface area contributed by atoms with E-state index in [1.165, 1.54) is 0 Å². The molecule has 1 amide bonds. The lowest BCUT2D eigenvalue weighted by atomic mass is 9.73. The Bertz CT molecular complexity index is 257. The second kappa shape index (κ2) is 7.13. The summed E-state index contributed by atoms with van der Waals surface area (Å²) in [7, 11) is 4.10. The zero-order valence-corrected chi connectivity index (χ0v) is 13.4. The van der Waals surface area contributed by atoms with E-state index in [9.17, 15) is 4.79 Å². The lowest BCUT2D eigenvalue weighted by Crippen LogP contribution is -2.40. The van der Waals surface area contributed by atoms with Crippen LogP contribution in [-0.4, -0.2) is 38.0 Å². The third-order valence-electron chi connectivity index (χ3n) is 3.56. The summed E-state index contributed by atoms with van der Waals surface area (Å²) < 4.78 is 0. The van der Waals surface area contributed by atoms with E-state index >= 15 is 0 Å². The highest BCUT2D eigenvalue weighted by Gasteiger charge is 2.33. The number of nitrogens with zero attached hydrogens (tertiary/aromatic N) is 1. The molecule has 0 aromatic heterocycles. The van der Waals surface area contributed by atoms with E-state index in [0.29, 0.717) is 0 Å². The van der Waals surface area contributed by atoms with Crippen LogP contribution >= 0.6 is 0 Å². The van der Waals surface area contributed by atoms with Crippen LogP contribution in [-0.2, 0) is 4.79 Å². The van der Waals surface area contributed by atoms with Crippen molar-refractivity contribution in [1.82, 2.24) is 10.2 Å². The van der Waals surface area contributed by atoms with Gasteiger partial charge in [-0.25, -0.2) is 0 Å². The summed E-state index contributed by atoms with van der Waals surface area (Å²) in [6, 6.07) is 0. The van der Waals surface area contributed by atoms with Gasteiger partial charge in [0.25, 0.3) is 0 Å². The molecule has 0 aliphatic rings. The van der Waals surface area contributed by atoms with E-state index in [4.69, 9.17) is 0 Å². The maximum Gasteiger partial charge on any atom is 0.225 e. The molecule has 0 saturated heterocycles. The van der Waals surface area contributed by atoms with Crippen LogP contribution in [0.1, 0.15) is 53.9 Å². The fourth-order valence-electron chi connectivity index (χ4n) is 2.24. The summed E-state index contributed by atoms with van der Waals surface area (Å²) in [4.78, 5) is 14.3. The maximum absolute atomic E-state index is 12.2. The molecule has 18 heavy (non-hydrogen) atoms. The van der Waals surface area contributed by atoms with Gasteiger partial charge in [-0.05, 0) is 38.9 Å². The Balaban J connectivity index is 4.14. The van der Waals surface area contributed by atoms with Gasteiger partial charge in [0.05, 0.1) is 0 Å². The summed E-state index contributed by atoms with van der Waals surface area (Å²) in [6.45, 7) is 12.5. The Kier molecular flexibility index (Phi) is 6.90. The fraction of sp³-hybridized carbons (Fsp3) is 0.933. The highest BCUT2D eigenvalue weighted by Crippen LogP contribution is 2.35. The van der Waals surface area contributed by atoms with E-state index in [1.54, 1.807) is 0 Å². The van der Waals surface area contributed by atoms with Crippen LogP contribution in [0.15, 0.2) is 0 Å². The highest BCUT2D eigenvalue weighted by molar-refractivity contribution is 5.81. The molecule has 0 aliphatic heterocycles. The zero-order chi connectivity index (χ0) is 14.4. The van der Waals surface area contributed by atoms with Gasteiger partial charge in [0.2, 0.25) is 5.91 Å². The molecule has 3 heteroatoms. The smallest absolute Gasteiger partial charge is 0.225 e. The van der Waals surface area contributed by atoms with Gasteiger partial charge >= 0.3 is 0 Å². The molecule has 1 N–H and O–H groups in total. The molecule has 108 valence electrons. The predicted molar refractivity (Wildman–Crippen MR) is 78.7 cm³/mol. The number of rotatable bonds is 8. The van der Waals surface area contributed by atoms with Gasteiger partial charge in [-0.15, -0.1) is 0 Å². The first-order valence-electron chi connectivity index (χ1n) is 7.04. The standard InChI is InChI=1S/C15H32N2O/c1-8-14(2,3)12-15(4,5)13(18)16-10-9-11-17(6)7/h8-12H2,1-7H3,(H,16,18). The summed E-state index contributed by atoms with van der Waals surface area (Å²) in [5, 5.41) is 3.06. The Morgan fingerprint density at radius 2 is 1.72 bits per heavy atom. The number of hydrogen-bond acceptors (Lipinski definition) is 2. The van der Waals surface area contributed by atoms with Crippen molar-refractivity contribution in [2.24, 2.45) is 10.8 Å². The van der Waals surface area contributed by atoms with Crippen molar-refractivity contribution >= 4 is 5.91 Å². The summed E-state index contributed by atoms with van der Waals surface area (Å²) in [5.74, 6) is 0.183. The van der Waals surface area contributed by atoms with Gasteiger partial charge in [0.15, 0.2) is 0 Å². The monoisotopic (exact) mass is 256 g/mol. The number of hydrogen-bond donors (Lipinski definition) is 1. The normalized spacial score (nSPS) is 12.9. The minimum absolute atomic E-state index is 0.183. The van der Waals surface area contributed by atoms with Crippen LogP contribution in [0.25, 0.3) is 0 Å². The first-order chi connectivity index (χ1) is 8.10. The number of amides is 1. The second-order valence-electron chi connectivity index (χ2n) is 6.99. The molecule has 0 spiro atoms. The third-order valence-corrected chi connectivity index (χ3v) is 3.56. The van der Waals surface area contributed by atoms with Crippen molar-refractivity contribution in [2.75, 3.05) is 27.2 Å². The molecule has 0 fully saturated rings. The maximum atomic E-state index is 12.2. The first kappa shape index (κ1) is 17.4. The second-order valence-corrected chi connectivity index (χ2v) is 6.99. The highest BCUT2D eigenvalue weighted by atomic mass is 16.2. The summed E-state index contributed by atoms with van der Waals surface area (Å²) in [5.41, 5.74) is -0.0535. The van der Waals surface area contributed by atoms with Crippen LogP contribution < -0.4 is 5.32 Å². The van der Waals surface area contributed by atoms with E-state index in [1.807, 2.05) is 13.8 Å². The molecular weight excluding hydrogens is 224 g/mol. The zero-order valence-electron chi connectivity index (χ0n) is 13.4. The molecule has 3 nitrogen and oxygen atoms in total. The lowest BCUT2D eigenvalue weighted by molar-refractivity contribution is -0.131. The average molecular weight is 256 g/mol. The van der Waals surface area contributed by atoms with Crippen LogP contribution in [0.2, 0.25) is 0 Å². The Labute approximate surface area is 113 Å². The van der Waals surface area contributed by atoms with Gasteiger partial charge in [-0.1, -0.05) is 41.0 Å². The van der Waals surface area contributed by atoms with Crippen LogP contribution in [0.5, 0.6) is 0 Å². The van der Waals surface area contributed by atoms with Crippen LogP contribution in [0.4, 0.5) is 0 Å². The summed E-state index contributed by atoms with van der Waals surface area (Å²) >= 11 is 0. The van der Waals surface area contributed by atoms with Gasteiger partial charge in [-0.2, -0.15) is 0 Å². The Morgan fingerprint density at radius 1 is 1.17 bits per heavy atom. The van der Waals surface area contributed by atoms with Gasteiger partial charge < -0.3 is 10.2 Å². The molecule has 0 heterocycles. The van der Waals surface area contributed by atoms with E-state index in [-0.39, 0.29) is 16.7 Å². The lowest BCUT2D eigenvalue weighted by Gasteiger charge is -2.33. The van der Waals surface area contributed by atoms with Crippen molar-refractivity contribution < 1.29 is 4.79 Å². The molecular formula is C15H32N2O. The number of nitrogens with one attached hydrogen (secondary N) is 1. The molecule has 0 aliphatic carbocycles. The van der Waals surface area contributed by atoms with Crippen LogP contribution in [0.3, 0.4) is 0 Å². The number of carbonyl (C=O) groups excluding carboxylic acids is 1. The molecule has 0 aromatic rings. The fourth-order valence-corrected chi connectivity index (χ4v) is 2.24. The third kappa shape index (κ3) is 7.00. The van der Waals surface area contributed by atoms with Crippen molar-refractivity contribution in [3.05, 3.63) is 0 Å². The SMILES string of the molecule is CCC(C)(C)CC(C)(C)C(=O)NCCCN(C)C. The molecule has 0 aromatic carbocycles. The minimum atomic E-state index is -0.280. The molecule has 0 bridgehead atoms. The molecule has 0 saturated carbocycles. The van der Waals surface area contributed by atoms with Gasteiger partial charge in [-0.3, -0.25) is 4.79 Å². The van der Waals surface area contributed by atoms with E-state index < -0.39 is 0 Å². The number of carbonyl (C=O) groups is 1. The van der Waals surface area contributed by atoms with Gasteiger partial charge in [0.1, 0.15) is 0 Å². The Morgan fingerprint density at radius 3 is 2.17 bits per heavy atom. The van der Waals surface area contributed by atoms with Crippen LogP contribution in [0, 0.1) is 10.8 Å². The topological polar surface area (TPSA) is 32.3 Å². The van der Waals surface area contributed by atoms with E-state index in [2.05, 4.69) is 45.1 Å². The molecule has 0 rings (SSSR count). The van der Waals surface area contributed by atoms with E-state index in [0.717, 1.165) is 32.4 Å². The molecule has 0 radical (unpaired) electrons. The van der Waals surface area contributed by atoms with Crippen molar-refractivity contribution in [3.8, 4) is 0 Å². The molecule has 0 atom stereocenters. The first-order valence-corrected chi connectivity index (χ1v) is 7.04. The Hall–Kier alpha value is -0.570. The summed E-state index contributed by atoms with van der Waals surface area (Å²) in [6.07, 6.45) is 3.03. The predicted octanol–water partition coefficient (Wildman–Crippen LogP) is 2.91. The minimum Gasteiger partial charge on any atom is -0.356 e. The quantitative estimate of drug-likeness (QED) is 0.677. The van der Waals surface area contributed by atoms with Crippen molar-refractivity contribution in [3.63, 3.8) is 0 Å². The largest absolute Gasteiger partial charge is 0.356 e. The van der Waals surface area contributed by atoms with Crippen molar-refractivity contribution in [1.29, 1.82) is 0 Å². The van der Waals surface area contributed by atoms with Gasteiger partial charge in [0, 0.05) is 12.0 Å². The molecule has 0 unspecified atom stereocenters.